The minimum atomic E-state index is -1.03. The van der Waals surface area contributed by atoms with Crippen LogP contribution in [0.15, 0.2) is 47.4 Å². The molecule has 1 spiro atoms. The van der Waals surface area contributed by atoms with Gasteiger partial charge in [0.1, 0.15) is 0 Å². The molecule has 6 nitrogen and oxygen atoms in total. The fourth-order valence-corrected chi connectivity index (χ4v) is 7.13. The highest BCUT2D eigenvalue weighted by atomic mass is 16.3. The maximum Gasteiger partial charge on any atom is 0.252 e. The molecule has 2 saturated carbocycles. The molecule has 1 atom stereocenters. The van der Waals surface area contributed by atoms with Gasteiger partial charge >= 0.3 is 0 Å². The average molecular weight is 492 g/mol. The van der Waals surface area contributed by atoms with E-state index in [0.717, 1.165) is 43.2 Å². The quantitative estimate of drug-likeness (QED) is 0.596. The lowest BCUT2D eigenvalue weighted by atomic mass is 9.65. The van der Waals surface area contributed by atoms with Gasteiger partial charge in [-0.05, 0) is 37.2 Å². The van der Waals surface area contributed by atoms with Gasteiger partial charge in [0.15, 0.2) is 0 Å². The zero-order chi connectivity index (χ0) is 25.2. The summed E-state index contributed by atoms with van der Waals surface area (Å²) < 4.78 is 1.64. The van der Waals surface area contributed by atoms with Gasteiger partial charge in [0.25, 0.3) is 5.56 Å². The number of anilines is 1. The highest BCUT2D eigenvalue weighted by Gasteiger charge is 2.55. The van der Waals surface area contributed by atoms with Crippen LogP contribution in [0.4, 0.5) is 5.69 Å². The molecule has 1 amide bonds. The molecular weight excluding hydrogens is 450 g/mol. The molecule has 194 valence electrons. The molecule has 1 unspecified atom stereocenters. The Morgan fingerprint density at radius 1 is 1.03 bits per heavy atom. The number of carbonyl (C=O) groups excluding carboxylic acids is 1. The third-order valence-corrected chi connectivity index (χ3v) is 9.36. The van der Waals surface area contributed by atoms with Crippen molar-refractivity contribution in [3.63, 3.8) is 0 Å². The number of amides is 1. The number of nitrogen functional groups attached to an aromatic ring is 1. The second kappa shape index (κ2) is 10.4. The molecule has 1 aromatic carbocycles. The summed E-state index contributed by atoms with van der Waals surface area (Å²) in [6, 6.07) is 11.3. The number of pyridine rings is 1. The lowest BCUT2D eigenvalue weighted by Crippen LogP contribution is -2.62. The lowest BCUT2D eigenvalue weighted by Gasteiger charge is -2.52. The zero-order valence-electron chi connectivity index (χ0n) is 21.5. The van der Waals surface area contributed by atoms with Gasteiger partial charge in [0.05, 0.1) is 12.1 Å². The largest absolute Gasteiger partial charge is 0.398 e. The van der Waals surface area contributed by atoms with Crippen LogP contribution in [-0.2, 0) is 11.3 Å². The predicted octanol–water partition coefficient (Wildman–Crippen LogP) is 4.98. The van der Waals surface area contributed by atoms with Crippen molar-refractivity contribution < 1.29 is 9.90 Å². The number of piperidine rings is 1. The Hall–Kier alpha value is -2.60. The Bertz CT molecular complexity index is 1120. The molecule has 6 heteroatoms. The SMILES string of the molecule is Nc1cc(=O)n(CC2(O)CCN(C(=O)CCC3CCCCC3)CC23CCCC3)cc1-c1ccccc1. The van der Waals surface area contributed by atoms with E-state index in [4.69, 9.17) is 5.73 Å². The van der Waals surface area contributed by atoms with E-state index in [-0.39, 0.29) is 23.4 Å². The van der Waals surface area contributed by atoms with Crippen molar-refractivity contribution in [2.45, 2.75) is 89.2 Å². The van der Waals surface area contributed by atoms with E-state index < -0.39 is 5.60 Å². The standard InChI is InChI=1S/C30H41N3O3/c31-26-19-28(35)33(20-25(26)24-11-5-2-6-12-24)22-30(36)17-18-32(21-29(30)15-7-8-16-29)27(34)14-13-23-9-3-1-4-10-23/h2,5-6,11-12,19-20,23,36H,1,3-4,7-10,13-18,21-22,31H2. The van der Waals surface area contributed by atoms with E-state index in [1.54, 1.807) is 10.8 Å². The summed E-state index contributed by atoms with van der Waals surface area (Å²) in [6.07, 6.45) is 14.3. The third kappa shape index (κ3) is 4.97. The summed E-state index contributed by atoms with van der Waals surface area (Å²) in [5.74, 6) is 0.936. The topological polar surface area (TPSA) is 88.6 Å². The van der Waals surface area contributed by atoms with Crippen LogP contribution >= 0.6 is 0 Å². The summed E-state index contributed by atoms with van der Waals surface area (Å²) in [5.41, 5.74) is 6.83. The fourth-order valence-electron chi connectivity index (χ4n) is 7.13. The molecule has 0 radical (unpaired) electrons. The molecule has 2 heterocycles. The number of likely N-dealkylation sites (tertiary alicyclic amines) is 1. The van der Waals surface area contributed by atoms with Crippen molar-refractivity contribution in [3.8, 4) is 11.1 Å². The van der Waals surface area contributed by atoms with Gasteiger partial charge in [-0.3, -0.25) is 9.59 Å². The third-order valence-electron chi connectivity index (χ3n) is 9.36. The van der Waals surface area contributed by atoms with Crippen LogP contribution in [-0.4, -0.2) is 39.2 Å². The molecule has 5 rings (SSSR count). The second-order valence-corrected chi connectivity index (χ2v) is 11.6. The van der Waals surface area contributed by atoms with Crippen LogP contribution in [0.1, 0.15) is 77.0 Å². The van der Waals surface area contributed by atoms with Crippen molar-refractivity contribution in [2.24, 2.45) is 11.3 Å². The molecule has 1 saturated heterocycles. The summed E-state index contributed by atoms with van der Waals surface area (Å²) in [4.78, 5) is 28.2. The number of benzene rings is 1. The fraction of sp³-hybridized carbons (Fsp3) is 0.600. The van der Waals surface area contributed by atoms with Gasteiger partial charge in [-0.25, -0.2) is 0 Å². The van der Waals surface area contributed by atoms with E-state index >= 15 is 0 Å². The van der Waals surface area contributed by atoms with Crippen LogP contribution in [0, 0.1) is 11.3 Å². The predicted molar refractivity (Wildman–Crippen MR) is 143 cm³/mol. The highest BCUT2D eigenvalue weighted by Crippen LogP contribution is 2.51. The molecular formula is C30H41N3O3. The number of aromatic nitrogens is 1. The zero-order valence-corrected chi connectivity index (χ0v) is 21.5. The highest BCUT2D eigenvalue weighted by molar-refractivity contribution is 5.76. The van der Waals surface area contributed by atoms with Crippen molar-refractivity contribution in [1.82, 2.24) is 9.47 Å². The first kappa shape index (κ1) is 25.1. The monoisotopic (exact) mass is 491 g/mol. The number of hydrogen-bond donors (Lipinski definition) is 2. The van der Waals surface area contributed by atoms with Crippen molar-refractivity contribution in [2.75, 3.05) is 18.8 Å². The van der Waals surface area contributed by atoms with Crippen LogP contribution in [0.25, 0.3) is 11.1 Å². The van der Waals surface area contributed by atoms with E-state index in [0.29, 0.717) is 37.5 Å². The van der Waals surface area contributed by atoms with E-state index in [9.17, 15) is 14.7 Å². The molecule has 2 aliphatic carbocycles. The van der Waals surface area contributed by atoms with Crippen molar-refractivity contribution in [1.29, 1.82) is 0 Å². The Morgan fingerprint density at radius 3 is 2.47 bits per heavy atom. The molecule has 2 aromatic rings. The minimum Gasteiger partial charge on any atom is -0.398 e. The summed E-state index contributed by atoms with van der Waals surface area (Å²) in [6.45, 7) is 1.38. The number of nitrogens with zero attached hydrogens (tertiary/aromatic N) is 2. The van der Waals surface area contributed by atoms with Crippen LogP contribution in [0.5, 0.6) is 0 Å². The first-order valence-corrected chi connectivity index (χ1v) is 13.9. The maximum atomic E-state index is 13.2. The van der Waals surface area contributed by atoms with Crippen LogP contribution in [0.3, 0.4) is 0 Å². The summed E-state index contributed by atoms with van der Waals surface area (Å²) in [5, 5.41) is 12.1. The Labute approximate surface area is 214 Å². The summed E-state index contributed by atoms with van der Waals surface area (Å²) >= 11 is 0. The van der Waals surface area contributed by atoms with Crippen LogP contribution in [0.2, 0.25) is 0 Å². The Morgan fingerprint density at radius 2 is 1.75 bits per heavy atom. The second-order valence-electron chi connectivity index (χ2n) is 11.6. The molecule has 1 aliphatic heterocycles. The minimum absolute atomic E-state index is 0.195. The maximum absolute atomic E-state index is 13.2. The average Bonchev–Trinajstić information content (AvgIpc) is 3.37. The normalized spacial score (nSPS) is 24.3. The molecule has 3 N–H and O–H groups in total. The number of rotatable bonds is 6. The van der Waals surface area contributed by atoms with Gasteiger partial charge in [0.2, 0.25) is 5.91 Å². The van der Waals surface area contributed by atoms with Gasteiger partial charge in [-0.1, -0.05) is 75.3 Å². The van der Waals surface area contributed by atoms with Crippen molar-refractivity contribution >= 4 is 11.6 Å². The van der Waals surface area contributed by atoms with Gasteiger partial charge in [-0.15, -0.1) is 0 Å². The molecule has 3 aliphatic rings. The number of hydrogen-bond acceptors (Lipinski definition) is 4. The van der Waals surface area contributed by atoms with E-state index in [2.05, 4.69) is 0 Å². The summed E-state index contributed by atoms with van der Waals surface area (Å²) in [7, 11) is 0. The number of aliphatic hydroxyl groups is 1. The van der Waals surface area contributed by atoms with Gasteiger partial charge < -0.3 is 20.3 Å². The number of carbonyl (C=O) groups is 1. The lowest BCUT2D eigenvalue weighted by molar-refractivity contribution is -0.160. The molecule has 36 heavy (non-hydrogen) atoms. The molecule has 1 aromatic heterocycles. The Balaban J connectivity index is 1.34. The Kier molecular flexibility index (Phi) is 7.25. The smallest absolute Gasteiger partial charge is 0.252 e. The van der Waals surface area contributed by atoms with Crippen molar-refractivity contribution in [3.05, 3.63) is 52.9 Å². The van der Waals surface area contributed by atoms with Gasteiger partial charge in [0, 0.05) is 48.4 Å². The van der Waals surface area contributed by atoms with Gasteiger partial charge in [-0.2, -0.15) is 0 Å². The van der Waals surface area contributed by atoms with E-state index in [1.807, 2.05) is 35.2 Å². The first-order chi connectivity index (χ1) is 17.4. The molecule has 0 bridgehead atoms. The van der Waals surface area contributed by atoms with E-state index in [1.165, 1.54) is 38.2 Å². The van der Waals surface area contributed by atoms with Crippen LogP contribution < -0.4 is 11.3 Å². The molecule has 3 fully saturated rings. The first-order valence-electron chi connectivity index (χ1n) is 13.9. The number of nitrogens with two attached hydrogens (primary N) is 1.